The van der Waals surface area contributed by atoms with Crippen molar-refractivity contribution in [2.24, 2.45) is 0 Å². The standard InChI is InChI=1S/C60H58N2/c1-42-20-26-54(38-44(42)3)61(56-32-34-58(46(5)40-56)48-16-10-7-11-17-48)52-28-22-50(23-29-52)60(36-14-9-15-37-60)51-24-30-53(31-25-51)62(55-27-21-43(2)45(4)39-55)57-33-35-59(47(6)41-57)49-18-12-8-13-19-49/h7-8,10-13,16-35,38-41H,9,14-15,36-37H2,1-6H3. The quantitative estimate of drug-likeness (QED) is 0.136. The molecule has 0 bridgehead atoms. The molecule has 1 aliphatic carbocycles. The van der Waals surface area contributed by atoms with Gasteiger partial charge in [0, 0.05) is 39.5 Å². The molecule has 8 aromatic carbocycles. The molecule has 8 aromatic rings. The molecular formula is C60H58N2. The second-order valence-electron chi connectivity index (χ2n) is 17.7. The fraction of sp³-hybridized carbons (Fsp3) is 0.200. The summed E-state index contributed by atoms with van der Waals surface area (Å²) in [7, 11) is 0. The fourth-order valence-corrected chi connectivity index (χ4v) is 9.84. The van der Waals surface area contributed by atoms with Gasteiger partial charge in [0.25, 0.3) is 0 Å². The number of hydrogen-bond acceptors (Lipinski definition) is 2. The molecule has 1 saturated carbocycles. The van der Waals surface area contributed by atoms with Crippen LogP contribution in [0.4, 0.5) is 34.1 Å². The average molecular weight is 807 g/mol. The molecule has 0 unspecified atom stereocenters. The summed E-state index contributed by atoms with van der Waals surface area (Å²) in [6.07, 6.45) is 6.04. The van der Waals surface area contributed by atoms with Crippen LogP contribution in [0.3, 0.4) is 0 Å². The predicted molar refractivity (Wildman–Crippen MR) is 265 cm³/mol. The minimum atomic E-state index is -0.0479. The second kappa shape index (κ2) is 17.4. The molecule has 0 spiro atoms. The van der Waals surface area contributed by atoms with Crippen molar-refractivity contribution in [3.63, 3.8) is 0 Å². The first-order valence-electron chi connectivity index (χ1n) is 22.5. The number of nitrogens with zero attached hydrogens (tertiary/aromatic N) is 2. The Morgan fingerprint density at radius 3 is 1.00 bits per heavy atom. The van der Waals surface area contributed by atoms with Crippen molar-refractivity contribution in [2.75, 3.05) is 9.80 Å². The van der Waals surface area contributed by atoms with Gasteiger partial charge in [0.1, 0.15) is 0 Å². The van der Waals surface area contributed by atoms with Crippen molar-refractivity contribution in [3.8, 4) is 22.3 Å². The normalized spacial score (nSPS) is 13.5. The van der Waals surface area contributed by atoms with Crippen LogP contribution < -0.4 is 9.80 Å². The van der Waals surface area contributed by atoms with Crippen molar-refractivity contribution < 1.29 is 0 Å². The molecule has 62 heavy (non-hydrogen) atoms. The van der Waals surface area contributed by atoms with Gasteiger partial charge in [-0.2, -0.15) is 0 Å². The van der Waals surface area contributed by atoms with Gasteiger partial charge in [-0.15, -0.1) is 0 Å². The molecule has 1 fully saturated rings. The molecule has 0 amide bonds. The van der Waals surface area contributed by atoms with Gasteiger partial charge in [0.05, 0.1) is 0 Å². The molecule has 308 valence electrons. The number of rotatable bonds is 10. The third-order valence-electron chi connectivity index (χ3n) is 13.7. The molecule has 2 heteroatoms. The van der Waals surface area contributed by atoms with Gasteiger partial charge in [-0.3, -0.25) is 0 Å². The van der Waals surface area contributed by atoms with Crippen molar-refractivity contribution in [1.29, 1.82) is 0 Å². The van der Waals surface area contributed by atoms with E-state index in [9.17, 15) is 0 Å². The molecular weight excluding hydrogens is 749 g/mol. The molecule has 0 aliphatic heterocycles. The Balaban J connectivity index is 1.08. The summed E-state index contributed by atoms with van der Waals surface area (Å²) in [4.78, 5) is 4.85. The van der Waals surface area contributed by atoms with Crippen LogP contribution in [0.1, 0.15) is 76.6 Å². The molecule has 1 aliphatic rings. The summed E-state index contributed by atoms with van der Waals surface area (Å²) in [6, 6.07) is 68.1. The van der Waals surface area contributed by atoms with Crippen molar-refractivity contribution in [3.05, 3.63) is 226 Å². The third-order valence-corrected chi connectivity index (χ3v) is 13.7. The Morgan fingerprint density at radius 2 is 0.645 bits per heavy atom. The van der Waals surface area contributed by atoms with E-state index in [-0.39, 0.29) is 5.41 Å². The maximum Gasteiger partial charge on any atom is 0.0464 e. The summed E-state index contributed by atoms with van der Waals surface area (Å²) >= 11 is 0. The molecule has 0 N–H and O–H groups in total. The zero-order valence-corrected chi connectivity index (χ0v) is 37.3. The molecule has 9 rings (SSSR count). The van der Waals surface area contributed by atoms with E-state index in [1.54, 1.807) is 0 Å². The van der Waals surface area contributed by atoms with Crippen molar-refractivity contribution >= 4 is 34.1 Å². The monoisotopic (exact) mass is 806 g/mol. The van der Waals surface area contributed by atoms with Crippen molar-refractivity contribution in [2.45, 2.75) is 79.1 Å². The smallest absolute Gasteiger partial charge is 0.0464 e. The van der Waals surface area contributed by atoms with E-state index < -0.39 is 0 Å². The van der Waals surface area contributed by atoms with Gasteiger partial charge in [-0.25, -0.2) is 0 Å². The zero-order chi connectivity index (χ0) is 42.8. The van der Waals surface area contributed by atoms with Crippen LogP contribution in [0, 0.1) is 41.5 Å². The van der Waals surface area contributed by atoms with E-state index in [2.05, 4.69) is 233 Å². The van der Waals surface area contributed by atoms with Crippen molar-refractivity contribution in [1.82, 2.24) is 0 Å². The average Bonchev–Trinajstić information content (AvgIpc) is 3.30. The summed E-state index contributed by atoms with van der Waals surface area (Å²) < 4.78 is 0. The summed E-state index contributed by atoms with van der Waals surface area (Å²) in [5, 5.41) is 0. The van der Waals surface area contributed by atoms with E-state index in [1.807, 2.05) is 0 Å². The minimum absolute atomic E-state index is 0.0479. The molecule has 2 nitrogen and oxygen atoms in total. The topological polar surface area (TPSA) is 6.48 Å². The highest BCUT2D eigenvalue weighted by Crippen LogP contribution is 2.48. The Morgan fingerprint density at radius 1 is 0.306 bits per heavy atom. The van der Waals surface area contributed by atoms with Crippen LogP contribution in [-0.4, -0.2) is 0 Å². The highest BCUT2D eigenvalue weighted by atomic mass is 15.1. The van der Waals surface area contributed by atoms with Gasteiger partial charge in [0.2, 0.25) is 0 Å². The Bertz CT molecular complexity index is 2620. The highest BCUT2D eigenvalue weighted by Gasteiger charge is 2.36. The van der Waals surface area contributed by atoms with Crippen LogP contribution in [0.25, 0.3) is 22.3 Å². The van der Waals surface area contributed by atoms with E-state index in [0.717, 1.165) is 12.8 Å². The number of hydrogen-bond donors (Lipinski definition) is 0. The van der Waals surface area contributed by atoms with Gasteiger partial charge < -0.3 is 9.80 Å². The van der Waals surface area contributed by atoms with Crippen LogP contribution >= 0.6 is 0 Å². The van der Waals surface area contributed by atoms with E-state index >= 15 is 0 Å². The lowest BCUT2D eigenvalue weighted by molar-refractivity contribution is 0.346. The molecule has 0 atom stereocenters. The number of anilines is 6. The lowest BCUT2D eigenvalue weighted by Gasteiger charge is -2.39. The van der Waals surface area contributed by atoms with Crippen LogP contribution in [0.2, 0.25) is 0 Å². The Labute approximate surface area is 370 Å². The number of aryl methyl sites for hydroxylation is 6. The third kappa shape index (κ3) is 7.98. The van der Waals surface area contributed by atoms with Crippen LogP contribution in [0.15, 0.2) is 182 Å². The maximum absolute atomic E-state index is 2.43. The Kier molecular flexibility index (Phi) is 11.4. The maximum atomic E-state index is 2.43. The van der Waals surface area contributed by atoms with Gasteiger partial charge in [0.15, 0.2) is 0 Å². The largest absolute Gasteiger partial charge is 0.310 e. The summed E-state index contributed by atoms with van der Waals surface area (Å²) in [6.45, 7) is 13.3. The molecule has 0 radical (unpaired) electrons. The SMILES string of the molecule is Cc1ccc(N(c2ccc(C3(c4ccc(N(c5ccc(C)c(C)c5)c5ccc(-c6ccccc6)c(C)c5)cc4)CCCCC3)cc2)c2ccc(-c3ccccc3)c(C)c2)cc1C. The lowest BCUT2D eigenvalue weighted by Crippen LogP contribution is -2.30. The molecule has 0 heterocycles. The first-order valence-corrected chi connectivity index (χ1v) is 22.5. The predicted octanol–water partition coefficient (Wildman–Crippen LogP) is 17.1. The van der Waals surface area contributed by atoms with E-state index in [4.69, 9.17) is 0 Å². The van der Waals surface area contributed by atoms with Gasteiger partial charge in [-0.05, 0) is 194 Å². The first-order chi connectivity index (χ1) is 30.2. The van der Waals surface area contributed by atoms with Crippen LogP contribution in [-0.2, 0) is 5.41 Å². The van der Waals surface area contributed by atoms with E-state index in [0.29, 0.717) is 0 Å². The molecule has 0 saturated heterocycles. The Hall–Kier alpha value is -6.64. The van der Waals surface area contributed by atoms with E-state index in [1.165, 1.54) is 120 Å². The lowest BCUT2D eigenvalue weighted by atomic mass is 9.65. The first kappa shape index (κ1) is 40.7. The fourth-order valence-electron chi connectivity index (χ4n) is 9.84. The summed E-state index contributed by atoms with van der Waals surface area (Å²) in [5.41, 5.74) is 22.5. The summed E-state index contributed by atoms with van der Waals surface area (Å²) in [5.74, 6) is 0. The number of benzene rings is 8. The molecule has 0 aromatic heterocycles. The van der Waals surface area contributed by atoms with Gasteiger partial charge in [-0.1, -0.05) is 128 Å². The zero-order valence-electron chi connectivity index (χ0n) is 37.3. The van der Waals surface area contributed by atoms with Crippen LogP contribution in [0.5, 0.6) is 0 Å². The van der Waals surface area contributed by atoms with Gasteiger partial charge >= 0.3 is 0 Å². The minimum Gasteiger partial charge on any atom is -0.310 e. The highest BCUT2D eigenvalue weighted by molar-refractivity contribution is 5.82. The second-order valence-corrected chi connectivity index (χ2v) is 17.7.